The Kier molecular flexibility index (Phi) is 6.59. The average molecular weight is 481 g/mol. The van der Waals surface area contributed by atoms with Crippen LogP contribution in [0.2, 0.25) is 0 Å². The van der Waals surface area contributed by atoms with Crippen LogP contribution in [-0.4, -0.2) is 31.6 Å². The molecule has 1 N–H and O–H groups in total. The maximum absolute atomic E-state index is 12.9. The van der Waals surface area contributed by atoms with Gasteiger partial charge < -0.3 is 14.8 Å². The molecular weight excluding hydrogens is 456 g/mol. The van der Waals surface area contributed by atoms with Gasteiger partial charge in [0.25, 0.3) is 5.91 Å². The summed E-state index contributed by atoms with van der Waals surface area (Å²) in [7, 11) is 3.14. The maximum Gasteiger partial charge on any atom is 0.255 e. The van der Waals surface area contributed by atoms with Gasteiger partial charge in [0.05, 0.1) is 14.2 Å². The van der Waals surface area contributed by atoms with Gasteiger partial charge in [0.15, 0.2) is 11.5 Å². The van der Waals surface area contributed by atoms with Crippen LogP contribution in [0.3, 0.4) is 0 Å². The van der Waals surface area contributed by atoms with Crippen LogP contribution in [0.5, 0.6) is 11.5 Å². The predicted molar refractivity (Wildman–Crippen MR) is 126 cm³/mol. The van der Waals surface area contributed by atoms with Gasteiger partial charge >= 0.3 is 0 Å². The fourth-order valence-electron chi connectivity index (χ4n) is 3.94. The molecule has 6 heteroatoms. The zero-order valence-electron chi connectivity index (χ0n) is 17.7. The van der Waals surface area contributed by atoms with E-state index >= 15 is 0 Å². The lowest BCUT2D eigenvalue weighted by Crippen LogP contribution is -2.30. The largest absolute Gasteiger partial charge is 0.493 e. The Balaban J connectivity index is 1.48. The minimum Gasteiger partial charge on any atom is -0.493 e. The van der Waals surface area contributed by atoms with Crippen molar-refractivity contribution in [3.05, 3.63) is 87.4 Å². The van der Waals surface area contributed by atoms with Crippen LogP contribution in [0, 0.1) is 0 Å². The lowest BCUT2D eigenvalue weighted by atomic mass is 9.97. The number of ether oxygens (including phenoxy) is 2. The molecule has 0 atom stereocenters. The van der Waals surface area contributed by atoms with Crippen molar-refractivity contribution in [2.45, 2.75) is 19.5 Å². The molecule has 4 rings (SSSR count). The molecule has 1 heterocycles. The molecule has 3 aromatic carbocycles. The fourth-order valence-corrected chi connectivity index (χ4v) is 4.20. The van der Waals surface area contributed by atoms with Crippen molar-refractivity contribution >= 4 is 27.5 Å². The van der Waals surface area contributed by atoms with E-state index in [1.54, 1.807) is 32.4 Å². The number of carbonyl (C=O) groups is 1. The molecule has 1 aliphatic rings. The summed E-state index contributed by atoms with van der Waals surface area (Å²) in [5.74, 6) is 0.975. The van der Waals surface area contributed by atoms with Gasteiger partial charge in [0, 0.05) is 35.4 Å². The smallest absolute Gasteiger partial charge is 0.255 e. The van der Waals surface area contributed by atoms with E-state index in [1.165, 1.54) is 16.7 Å². The third-order valence-corrected chi connectivity index (χ3v) is 6.09. The number of methoxy groups -OCH3 is 2. The van der Waals surface area contributed by atoms with Crippen molar-refractivity contribution in [3.63, 3.8) is 0 Å². The van der Waals surface area contributed by atoms with E-state index in [4.69, 9.17) is 9.47 Å². The topological polar surface area (TPSA) is 50.8 Å². The fraction of sp³-hybridized carbons (Fsp3) is 0.240. The highest BCUT2D eigenvalue weighted by Crippen LogP contribution is 2.30. The van der Waals surface area contributed by atoms with Gasteiger partial charge in [-0.25, -0.2) is 0 Å². The first-order chi connectivity index (χ1) is 15.1. The van der Waals surface area contributed by atoms with Crippen molar-refractivity contribution in [1.82, 2.24) is 4.90 Å². The van der Waals surface area contributed by atoms with Crippen LogP contribution in [-0.2, 0) is 19.5 Å². The molecule has 3 aromatic rings. The second-order valence-electron chi connectivity index (χ2n) is 7.55. The number of amides is 1. The summed E-state index contributed by atoms with van der Waals surface area (Å²) < 4.78 is 11.7. The van der Waals surface area contributed by atoms with Crippen molar-refractivity contribution in [2.75, 3.05) is 26.1 Å². The highest BCUT2D eigenvalue weighted by atomic mass is 79.9. The van der Waals surface area contributed by atoms with Gasteiger partial charge in [-0.05, 0) is 59.5 Å². The van der Waals surface area contributed by atoms with E-state index < -0.39 is 0 Å². The van der Waals surface area contributed by atoms with Crippen LogP contribution in [0.15, 0.2) is 65.1 Å². The summed E-state index contributed by atoms with van der Waals surface area (Å²) in [6.45, 7) is 2.73. The second-order valence-corrected chi connectivity index (χ2v) is 8.47. The summed E-state index contributed by atoms with van der Waals surface area (Å²) in [5.41, 5.74) is 5.17. The Morgan fingerprint density at radius 1 is 1.03 bits per heavy atom. The minimum atomic E-state index is -0.161. The SMILES string of the molecule is COc1ccc(C(=O)Nc2cccc3c2CCN(Cc2ccc(Br)cc2)C3)cc1OC. The molecule has 0 bridgehead atoms. The van der Waals surface area contributed by atoms with E-state index in [-0.39, 0.29) is 5.91 Å². The Morgan fingerprint density at radius 3 is 2.55 bits per heavy atom. The van der Waals surface area contributed by atoms with Gasteiger partial charge in [-0.1, -0.05) is 40.2 Å². The third-order valence-electron chi connectivity index (χ3n) is 5.56. The maximum atomic E-state index is 12.9. The first-order valence-electron chi connectivity index (χ1n) is 10.2. The van der Waals surface area contributed by atoms with Crippen LogP contribution in [0.4, 0.5) is 5.69 Å². The van der Waals surface area contributed by atoms with Crippen molar-refractivity contribution in [1.29, 1.82) is 0 Å². The number of hydrogen-bond donors (Lipinski definition) is 1. The third kappa shape index (κ3) is 4.92. The Morgan fingerprint density at radius 2 is 1.81 bits per heavy atom. The Bertz CT molecular complexity index is 1080. The second kappa shape index (κ2) is 9.54. The monoisotopic (exact) mass is 480 g/mol. The number of nitrogens with zero attached hydrogens (tertiary/aromatic N) is 1. The number of fused-ring (bicyclic) bond motifs is 1. The Labute approximate surface area is 191 Å². The van der Waals surface area contributed by atoms with E-state index in [1.807, 2.05) is 12.1 Å². The number of carbonyl (C=O) groups excluding carboxylic acids is 1. The molecule has 0 aliphatic carbocycles. The predicted octanol–water partition coefficient (Wildman–Crippen LogP) is 5.28. The summed E-state index contributed by atoms with van der Waals surface area (Å²) in [6, 6.07) is 19.8. The molecule has 0 radical (unpaired) electrons. The standard InChI is InChI=1S/C25H25BrN2O3/c1-30-23-11-8-18(14-24(23)31-2)25(29)27-22-5-3-4-19-16-28(13-12-21(19)22)15-17-6-9-20(26)10-7-17/h3-11,14H,12-13,15-16H2,1-2H3,(H,27,29). The number of nitrogens with one attached hydrogen (secondary N) is 1. The molecule has 0 aromatic heterocycles. The van der Waals surface area contributed by atoms with Gasteiger partial charge in [0.2, 0.25) is 0 Å². The van der Waals surface area contributed by atoms with Crippen LogP contribution in [0.1, 0.15) is 27.0 Å². The molecule has 0 fully saturated rings. The lowest BCUT2D eigenvalue weighted by molar-refractivity contribution is 0.102. The average Bonchev–Trinajstić information content (AvgIpc) is 2.80. The molecule has 1 aliphatic heterocycles. The molecule has 0 spiro atoms. The molecule has 160 valence electrons. The van der Waals surface area contributed by atoms with Crippen molar-refractivity contribution in [3.8, 4) is 11.5 Å². The first-order valence-corrected chi connectivity index (χ1v) is 11.0. The molecular formula is C25H25BrN2O3. The summed E-state index contributed by atoms with van der Waals surface area (Å²) in [6.07, 6.45) is 0.897. The summed E-state index contributed by atoms with van der Waals surface area (Å²) in [5, 5.41) is 3.09. The highest BCUT2D eigenvalue weighted by Gasteiger charge is 2.20. The zero-order chi connectivity index (χ0) is 21.8. The minimum absolute atomic E-state index is 0.161. The van der Waals surface area contributed by atoms with Crippen LogP contribution >= 0.6 is 15.9 Å². The number of hydrogen-bond acceptors (Lipinski definition) is 4. The lowest BCUT2D eigenvalue weighted by Gasteiger charge is -2.30. The normalized spacial score (nSPS) is 13.4. The van der Waals surface area contributed by atoms with Crippen LogP contribution in [0.25, 0.3) is 0 Å². The van der Waals surface area contributed by atoms with Gasteiger partial charge in [-0.2, -0.15) is 0 Å². The van der Waals surface area contributed by atoms with Crippen molar-refractivity contribution in [2.24, 2.45) is 0 Å². The van der Waals surface area contributed by atoms with E-state index in [0.29, 0.717) is 17.1 Å². The van der Waals surface area contributed by atoms with Gasteiger partial charge in [-0.3, -0.25) is 9.69 Å². The van der Waals surface area contributed by atoms with E-state index in [2.05, 4.69) is 56.5 Å². The first kappa shape index (κ1) is 21.4. The quantitative estimate of drug-likeness (QED) is 0.521. The molecule has 0 unspecified atom stereocenters. The molecule has 0 saturated heterocycles. The molecule has 1 amide bonds. The zero-order valence-corrected chi connectivity index (χ0v) is 19.2. The molecule has 31 heavy (non-hydrogen) atoms. The number of anilines is 1. The number of rotatable bonds is 6. The Hall–Kier alpha value is -2.83. The van der Waals surface area contributed by atoms with Crippen molar-refractivity contribution < 1.29 is 14.3 Å². The van der Waals surface area contributed by atoms with Gasteiger partial charge in [0.1, 0.15) is 0 Å². The summed E-state index contributed by atoms with van der Waals surface area (Å²) >= 11 is 3.49. The van der Waals surface area contributed by atoms with Gasteiger partial charge in [-0.15, -0.1) is 0 Å². The molecule has 0 saturated carbocycles. The van der Waals surface area contributed by atoms with Crippen LogP contribution < -0.4 is 14.8 Å². The van der Waals surface area contributed by atoms with E-state index in [9.17, 15) is 4.79 Å². The molecule has 5 nitrogen and oxygen atoms in total. The van der Waals surface area contributed by atoms with E-state index in [0.717, 1.165) is 36.2 Å². The number of halogens is 1. The highest BCUT2D eigenvalue weighted by molar-refractivity contribution is 9.10. The number of benzene rings is 3. The summed E-state index contributed by atoms with van der Waals surface area (Å²) in [4.78, 5) is 15.3.